The van der Waals surface area contributed by atoms with Gasteiger partial charge in [-0.3, -0.25) is 10.1 Å². The molecule has 2 aromatic carbocycles. The number of para-hydroxylation sites is 1. The molecule has 0 N–H and O–H groups in total. The number of nitrogens with zero attached hydrogens (tertiary/aromatic N) is 5. The summed E-state index contributed by atoms with van der Waals surface area (Å²) in [6, 6.07) is 12.3. The van der Waals surface area contributed by atoms with Crippen LogP contribution in [0.5, 0.6) is 0 Å². The maximum absolute atomic E-state index is 13.0. The summed E-state index contributed by atoms with van der Waals surface area (Å²) in [6.07, 6.45) is 2.64. The third kappa shape index (κ3) is 4.28. The molecule has 2 saturated heterocycles. The van der Waals surface area contributed by atoms with Crippen LogP contribution in [-0.2, 0) is 10.0 Å². The number of piperazine rings is 1. The Morgan fingerprint density at radius 2 is 1.61 bits per heavy atom. The third-order valence-corrected chi connectivity index (χ3v) is 9.26. The minimum Gasteiger partial charge on any atom is -0.362 e. The van der Waals surface area contributed by atoms with E-state index in [1.54, 1.807) is 17.4 Å². The van der Waals surface area contributed by atoms with E-state index in [9.17, 15) is 18.5 Å². The van der Waals surface area contributed by atoms with Gasteiger partial charge in [0.25, 0.3) is 5.69 Å². The summed E-state index contributed by atoms with van der Waals surface area (Å²) < 4.78 is 28.6. The van der Waals surface area contributed by atoms with Crippen LogP contribution in [0.25, 0.3) is 10.2 Å². The number of hydrogen-bond donors (Lipinski definition) is 0. The van der Waals surface area contributed by atoms with Gasteiger partial charge in [0.15, 0.2) is 5.13 Å². The number of rotatable bonds is 5. The molecule has 2 aliphatic rings. The monoisotopic (exact) mass is 487 g/mol. The number of thiazole rings is 1. The predicted octanol–water partition coefficient (Wildman–Crippen LogP) is 3.71. The van der Waals surface area contributed by atoms with Crippen LogP contribution in [0.15, 0.2) is 47.4 Å². The Morgan fingerprint density at radius 1 is 0.909 bits per heavy atom. The Balaban J connectivity index is 1.35. The number of sulfonamides is 1. The summed E-state index contributed by atoms with van der Waals surface area (Å²) in [7, 11) is -3.73. The van der Waals surface area contributed by atoms with Crippen LogP contribution in [0.1, 0.15) is 19.3 Å². The van der Waals surface area contributed by atoms with Crippen molar-refractivity contribution >= 4 is 48.1 Å². The summed E-state index contributed by atoms with van der Waals surface area (Å²) in [6.45, 7) is 3.48. The highest BCUT2D eigenvalue weighted by molar-refractivity contribution is 7.89. The van der Waals surface area contributed by atoms with Gasteiger partial charge < -0.3 is 9.80 Å². The van der Waals surface area contributed by atoms with Gasteiger partial charge in [-0.15, -0.1) is 0 Å². The zero-order chi connectivity index (χ0) is 23.0. The molecule has 0 atom stereocenters. The molecule has 5 rings (SSSR count). The molecule has 3 aromatic rings. The number of piperidine rings is 1. The van der Waals surface area contributed by atoms with Crippen molar-refractivity contribution in [2.45, 2.75) is 24.2 Å². The van der Waals surface area contributed by atoms with Gasteiger partial charge in [0.2, 0.25) is 10.0 Å². The fourth-order valence-corrected chi connectivity index (χ4v) is 7.02. The predicted molar refractivity (Wildman–Crippen MR) is 130 cm³/mol. The van der Waals surface area contributed by atoms with Crippen LogP contribution < -0.4 is 9.80 Å². The minimum absolute atomic E-state index is 0.00652. The Hall–Kier alpha value is -2.76. The molecule has 2 aliphatic heterocycles. The Kier molecular flexibility index (Phi) is 5.94. The van der Waals surface area contributed by atoms with Crippen LogP contribution >= 0.6 is 11.3 Å². The molecule has 0 radical (unpaired) electrons. The number of aromatic nitrogens is 1. The lowest BCUT2D eigenvalue weighted by Gasteiger charge is -2.35. The van der Waals surface area contributed by atoms with E-state index < -0.39 is 14.9 Å². The maximum Gasteiger partial charge on any atom is 0.293 e. The number of hydrogen-bond acceptors (Lipinski definition) is 8. The minimum atomic E-state index is -3.73. The lowest BCUT2D eigenvalue weighted by molar-refractivity contribution is -0.384. The molecule has 0 amide bonds. The van der Waals surface area contributed by atoms with E-state index in [1.807, 2.05) is 23.1 Å². The normalized spacial score (nSPS) is 18.1. The molecule has 0 spiro atoms. The molecular formula is C22H25N5O4S2. The Labute approximate surface area is 196 Å². The van der Waals surface area contributed by atoms with E-state index in [4.69, 9.17) is 4.98 Å². The van der Waals surface area contributed by atoms with Gasteiger partial charge in [0, 0.05) is 45.3 Å². The van der Waals surface area contributed by atoms with Crippen molar-refractivity contribution in [3.8, 4) is 0 Å². The van der Waals surface area contributed by atoms with Crippen LogP contribution in [0, 0.1) is 10.1 Å². The first-order valence-corrected chi connectivity index (χ1v) is 13.3. The largest absolute Gasteiger partial charge is 0.362 e. The molecule has 11 heteroatoms. The summed E-state index contributed by atoms with van der Waals surface area (Å²) in [5, 5.41) is 12.8. The van der Waals surface area contributed by atoms with E-state index in [0.29, 0.717) is 45.0 Å². The molecule has 9 nitrogen and oxygen atoms in total. The van der Waals surface area contributed by atoms with Gasteiger partial charge in [-0.05, 0) is 37.1 Å². The quantitative estimate of drug-likeness (QED) is 0.400. The molecule has 33 heavy (non-hydrogen) atoms. The average Bonchev–Trinajstić information content (AvgIpc) is 3.29. The average molecular weight is 488 g/mol. The highest BCUT2D eigenvalue weighted by Crippen LogP contribution is 2.34. The van der Waals surface area contributed by atoms with Crippen LogP contribution in [-0.4, -0.2) is 61.9 Å². The molecule has 0 unspecified atom stereocenters. The van der Waals surface area contributed by atoms with Crippen molar-refractivity contribution in [2.75, 3.05) is 49.1 Å². The first kappa shape index (κ1) is 22.1. The molecule has 0 bridgehead atoms. The van der Waals surface area contributed by atoms with E-state index in [0.717, 1.165) is 34.6 Å². The van der Waals surface area contributed by atoms with E-state index in [2.05, 4.69) is 11.0 Å². The standard InChI is InChI=1S/C22H25N5O4S2/c28-27(29)20-16-17(33(30,31)26-10-4-1-5-11-26)8-9-19(20)24-12-14-25(15-13-24)22-23-18-6-2-3-7-21(18)32-22/h2-3,6-9,16H,1,4-5,10-15H2. The van der Waals surface area contributed by atoms with E-state index >= 15 is 0 Å². The Bertz CT molecular complexity index is 1250. The van der Waals surface area contributed by atoms with Crippen LogP contribution in [0.3, 0.4) is 0 Å². The third-order valence-electron chi connectivity index (χ3n) is 6.27. The molecule has 1 aromatic heterocycles. The first-order valence-electron chi connectivity index (χ1n) is 11.1. The zero-order valence-corrected chi connectivity index (χ0v) is 19.7. The van der Waals surface area contributed by atoms with Crippen molar-refractivity contribution in [1.82, 2.24) is 9.29 Å². The van der Waals surface area contributed by atoms with Gasteiger partial charge in [0.1, 0.15) is 5.69 Å². The van der Waals surface area contributed by atoms with Gasteiger partial charge >= 0.3 is 0 Å². The summed E-state index contributed by atoms with van der Waals surface area (Å²) in [4.78, 5) is 20.2. The van der Waals surface area contributed by atoms with Gasteiger partial charge in [-0.1, -0.05) is 29.9 Å². The van der Waals surface area contributed by atoms with E-state index in [1.165, 1.54) is 16.4 Å². The second-order valence-electron chi connectivity index (χ2n) is 8.31. The van der Waals surface area contributed by atoms with Gasteiger partial charge in [-0.25, -0.2) is 13.4 Å². The summed E-state index contributed by atoms with van der Waals surface area (Å²) in [5.41, 5.74) is 1.27. The molecule has 2 fully saturated rings. The second-order valence-corrected chi connectivity index (χ2v) is 11.3. The van der Waals surface area contributed by atoms with Crippen LogP contribution in [0.4, 0.5) is 16.5 Å². The van der Waals surface area contributed by atoms with Crippen molar-refractivity contribution in [3.63, 3.8) is 0 Å². The number of benzene rings is 2. The molecule has 174 valence electrons. The zero-order valence-electron chi connectivity index (χ0n) is 18.1. The highest BCUT2D eigenvalue weighted by Gasteiger charge is 2.30. The number of nitro groups is 1. The maximum atomic E-state index is 13.0. The lowest BCUT2D eigenvalue weighted by Crippen LogP contribution is -2.46. The molecular weight excluding hydrogens is 462 g/mol. The molecule has 0 aliphatic carbocycles. The van der Waals surface area contributed by atoms with E-state index in [-0.39, 0.29) is 10.6 Å². The fraction of sp³-hybridized carbons (Fsp3) is 0.409. The van der Waals surface area contributed by atoms with Crippen LogP contribution in [0.2, 0.25) is 0 Å². The smallest absolute Gasteiger partial charge is 0.293 e. The van der Waals surface area contributed by atoms with Crippen molar-refractivity contribution < 1.29 is 13.3 Å². The topological polar surface area (TPSA) is 99.9 Å². The molecule has 0 saturated carbocycles. The fourth-order valence-electron chi connectivity index (χ4n) is 4.47. The SMILES string of the molecule is O=[N+]([O-])c1cc(S(=O)(=O)N2CCCCC2)ccc1N1CCN(c2nc3ccccc3s2)CC1. The van der Waals surface area contributed by atoms with Crippen molar-refractivity contribution in [3.05, 3.63) is 52.6 Å². The number of nitro benzene ring substituents is 1. The second kappa shape index (κ2) is 8.88. The van der Waals surface area contributed by atoms with Crippen molar-refractivity contribution in [1.29, 1.82) is 0 Å². The lowest BCUT2D eigenvalue weighted by atomic mass is 10.2. The molecule has 3 heterocycles. The first-order chi connectivity index (χ1) is 15.9. The Morgan fingerprint density at radius 3 is 2.30 bits per heavy atom. The van der Waals surface area contributed by atoms with Gasteiger partial charge in [0.05, 0.1) is 20.0 Å². The highest BCUT2D eigenvalue weighted by atomic mass is 32.2. The number of anilines is 2. The van der Waals surface area contributed by atoms with Gasteiger partial charge in [-0.2, -0.15) is 4.31 Å². The number of fused-ring (bicyclic) bond motifs is 1. The van der Waals surface area contributed by atoms with Crippen molar-refractivity contribution in [2.24, 2.45) is 0 Å². The summed E-state index contributed by atoms with van der Waals surface area (Å²) >= 11 is 1.64. The summed E-state index contributed by atoms with van der Waals surface area (Å²) in [5.74, 6) is 0.